The van der Waals surface area contributed by atoms with E-state index in [1.54, 1.807) is 7.11 Å². The van der Waals surface area contributed by atoms with Crippen molar-refractivity contribution < 1.29 is 14.3 Å². The summed E-state index contributed by atoms with van der Waals surface area (Å²) in [7, 11) is 1.65. The SMILES string of the molecule is CCCCc1c(C(N)=O)c(N2CCNCC2)c2c(c1-c1ccccc1OC)-c1ccccc1C2=O. The second kappa shape index (κ2) is 9.55. The van der Waals surface area contributed by atoms with Gasteiger partial charge in [0.2, 0.25) is 0 Å². The lowest BCUT2D eigenvalue weighted by Crippen LogP contribution is -2.45. The average molecular weight is 470 g/mol. The lowest BCUT2D eigenvalue weighted by atomic mass is 9.82. The number of para-hydroxylation sites is 1. The molecule has 2 aliphatic rings. The molecule has 1 aliphatic carbocycles. The summed E-state index contributed by atoms with van der Waals surface area (Å²) < 4.78 is 5.76. The molecule has 0 aromatic heterocycles. The van der Waals surface area contributed by atoms with Gasteiger partial charge in [-0.1, -0.05) is 55.8 Å². The molecule has 3 aromatic rings. The van der Waals surface area contributed by atoms with E-state index in [-0.39, 0.29) is 5.78 Å². The molecule has 0 radical (unpaired) electrons. The third-order valence-electron chi connectivity index (χ3n) is 7.08. The molecule has 1 saturated heterocycles. The largest absolute Gasteiger partial charge is 0.496 e. The first-order chi connectivity index (χ1) is 17.1. The lowest BCUT2D eigenvalue weighted by Gasteiger charge is -2.34. The summed E-state index contributed by atoms with van der Waals surface area (Å²) >= 11 is 0. The van der Waals surface area contributed by atoms with Crippen molar-refractivity contribution >= 4 is 17.4 Å². The van der Waals surface area contributed by atoms with Gasteiger partial charge in [-0.3, -0.25) is 9.59 Å². The molecule has 1 aliphatic heterocycles. The number of carbonyl (C=O) groups excluding carboxylic acids is 2. The molecular formula is C29H31N3O3. The highest BCUT2D eigenvalue weighted by molar-refractivity contribution is 6.29. The van der Waals surface area contributed by atoms with Crippen molar-refractivity contribution in [2.24, 2.45) is 5.73 Å². The van der Waals surface area contributed by atoms with Gasteiger partial charge in [-0.25, -0.2) is 0 Å². The van der Waals surface area contributed by atoms with Crippen LogP contribution in [0.25, 0.3) is 22.3 Å². The van der Waals surface area contributed by atoms with Crippen molar-refractivity contribution in [3.05, 3.63) is 70.8 Å². The summed E-state index contributed by atoms with van der Waals surface area (Å²) in [6, 6.07) is 15.6. The lowest BCUT2D eigenvalue weighted by molar-refractivity contribution is 0.0999. The van der Waals surface area contributed by atoms with Crippen LogP contribution in [0.3, 0.4) is 0 Å². The molecular weight excluding hydrogens is 438 g/mol. The Labute approximate surface area is 206 Å². The standard InChI is InChI=1S/C29H31N3O3/c1-3-4-9-21-23(20-12-7-8-13-22(20)35-2)24-18-10-5-6-11-19(18)28(33)26(24)27(25(21)29(30)34)32-16-14-31-15-17-32/h5-8,10-13,31H,3-4,9,14-17H2,1-2H3,(H2,30,34). The molecule has 0 unspecified atom stereocenters. The number of fused-ring (bicyclic) bond motifs is 3. The van der Waals surface area contributed by atoms with Gasteiger partial charge in [0.25, 0.3) is 5.91 Å². The van der Waals surface area contributed by atoms with Crippen molar-refractivity contribution in [2.45, 2.75) is 26.2 Å². The first-order valence-electron chi connectivity index (χ1n) is 12.3. The minimum absolute atomic E-state index is 0.0511. The number of ether oxygens (including phenoxy) is 1. The first-order valence-corrected chi connectivity index (χ1v) is 12.3. The minimum Gasteiger partial charge on any atom is -0.496 e. The van der Waals surface area contributed by atoms with Crippen LogP contribution in [0.5, 0.6) is 5.75 Å². The Bertz CT molecular complexity index is 1310. The number of primary amides is 1. The van der Waals surface area contributed by atoms with E-state index >= 15 is 0 Å². The predicted octanol–water partition coefficient (Wildman–Crippen LogP) is 4.42. The summed E-state index contributed by atoms with van der Waals surface area (Å²) in [4.78, 5) is 29.3. The topological polar surface area (TPSA) is 84.7 Å². The minimum atomic E-state index is -0.493. The molecule has 1 amide bonds. The van der Waals surface area contributed by atoms with Gasteiger partial charge in [-0.2, -0.15) is 0 Å². The van der Waals surface area contributed by atoms with Gasteiger partial charge in [-0.05, 0) is 35.6 Å². The smallest absolute Gasteiger partial charge is 0.251 e. The van der Waals surface area contributed by atoms with Gasteiger partial charge in [0.15, 0.2) is 5.78 Å². The molecule has 0 saturated carbocycles. The highest BCUT2D eigenvalue weighted by Crippen LogP contribution is 2.52. The van der Waals surface area contributed by atoms with Gasteiger partial charge < -0.3 is 20.7 Å². The van der Waals surface area contributed by atoms with E-state index in [2.05, 4.69) is 17.1 Å². The number of unbranched alkanes of at least 4 members (excludes halogenated alkanes) is 1. The van der Waals surface area contributed by atoms with Crippen LogP contribution in [0.2, 0.25) is 0 Å². The number of methoxy groups -OCH3 is 1. The second-order valence-electron chi connectivity index (χ2n) is 9.11. The number of nitrogens with zero attached hydrogens (tertiary/aromatic N) is 1. The van der Waals surface area contributed by atoms with Crippen LogP contribution in [0.1, 0.15) is 51.6 Å². The molecule has 0 spiro atoms. The number of benzene rings is 3. The number of carbonyl (C=O) groups is 2. The number of amides is 1. The van der Waals surface area contributed by atoms with E-state index in [0.29, 0.717) is 47.6 Å². The van der Waals surface area contributed by atoms with Crippen molar-refractivity contribution in [1.82, 2.24) is 5.32 Å². The molecule has 3 aromatic carbocycles. The number of anilines is 1. The molecule has 6 heteroatoms. The maximum Gasteiger partial charge on any atom is 0.251 e. The number of nitrogens with one attached hydrogen (secondary N) is 1. The number of nitrogens with two attached hydrogens (primary N) is 1. The summed E-state index contributed by atoms with van der Waals surface area (Å²) in [5.41, 5.74) is 13.0. The highest BCUT2D eigenvalue weighted by Gasteiger charge is 2.39. The Balaban J connectivity index is 1.96. The quantitative estimate of drug-likeness (QED) is 0.418. The van der Waals surface area contributed by atoms with Crippen LogP contribution in [0.15, 0.2) is 48.5 Å². The van der Waals surface area contributed by atoms with Crippen LogP contribution in [0.4, 0.5) is 5.69 Å². The second-order valence-corrected chi connectivity index (χ2v) is 9.11. The number of ketones is 1. The molecule has 5 rings (SSSR count). The third-order valence-corrected chi connectivity index (χ3v) is 7.08. The van der Waals surface area contributed by atoms with Crippen LogP contribution in [-0.2, 0) is 6.42 Å². The van der Waals surface area contributed by atoms with Crippen LogP contribution >= 0.6 is 0 Å². The number of piperazine rings is 1. The molecule has 0 bridgehead atoms. The summed E-state index contributed by atoms with van der Waals surface area (Å²) in [5, 5.41) is 3.37. The Morgan fingerprint density at radius 2 is 1.63 bits per heavy atom. The van der Waals surface area contributed by atoms with Crippen molar-refractivity contribution in [3.63, 3.8) is 0 Å². The maximum absolute atomic E-state index is 14.0. The molecule has 1 heterocycles. The zero-order valence-electron chi connectivity index (χ0n) is 20.3. The average Bonchev–Trinajstić information content (AvgIpc) is 3.19. The van der Waals surface area contributed by atoms with Gasteiger partial charge in [-0.15, -0.1) is 0 Å². The third kappa shape index (κ3) is 3.78. The van der Waals surface area contributed by atoms with Crippen LogP contribution in [0, 0.1) is 0 Å². The fourth-order valence-corrected chi connectivity index (χ4v) is 5.53. The molecule has 1 fully saturated rings. The molecule has 0 atom stereocenters. The Kier molecular flexibility index (Phi) is 6.31. The summed E-state index contributed by atoms with van der Waals surface area (Å²) in [5.74, 6) is 0.159. The van der Waals surface area contributed by atoms with Gasteiger partial charge in [0, 0.05) is 42.9 Å². The van der Waals surface area contributed by atoms with E-state index < -0.39 is 5.91 Å². The van der Waals surface area contributed by atoms with E-state index in [1.807, 2.05) is 48.5 Å². The Morgan fingerprint density at radius 1 is 0.971 bits per heavy atom. The normalized spacial score (nSPS) is 14.6. The van der Waals surface area contributed by atoms with E-state index in [9.17, 15) is 9.59 Å². The summed E-state index contributed by atoms with van der Waals surface area (Å²) in [6.07, 6.45) is 2.56. The highest BCUT2D eigenvalue weighted by atomic mass is 16.5. The van der Waals surface area contributed by atoms with Crippen molar-refractivity contribution in [2.75, 3.05) is 38.2 Å². The van der Waals surface area contributed by atoms with Crippen LogP contribution in [-0.4, -0.2) is 45.0 Å². The maximum atomic E-state index is 14.0. The Hall–Kier alpha value is -3.64. The zero-order chi connectivity index (χ0) is 24.5. The predicted molar refractivity (Wildman–Crippen MR) is 140 cm³/mol. The first kappa shape index (κ1) is 23.1. The fraction of sp³-hybridized carbons (Fsp3) is 0.310. The molecule has 6 nitrogen and oxygen atoms in total. The fourth-order valence-electron chi connectivity index (χ4n) is 5.53. The van der Waals surface area contributed by atoms with Crippen molar-refractivity contribution in [1.29, 1.82) is 0 Å². The summed E-state index contributed by atoms with van der Waals surface area (Å²) in [6.45, 7) is 5.12. The van der Waals surface area contributed by atoms with Crippen molar-refractivity contribution in [3.8, 4) is 28.0 Å². The molecule has 35 heavy (non-hydrogen) atoms. The number of rotatable bonds is 7. The number of hydrogen-bond donors (Lipinski definition) is 2. The van der Waals surface area contributed by atoms with E-state index in [4.69, 9.17) is 10.5 Å². The monoisotopic (exact) mass is 469 g/mol. The zero-order valence-corrected chi connectivity index (χ0v) is 20.3. The van der Waals surface area contributed by atoms with Gasteiger partial charge >= 0.3 is 0 Å². The molecule has 180 valence electrons. The molecule has 3 N–H and O–H groups in total. The van der Waals surface area contributed by atoms with Gasteiger partial charge in [0.05, 0.1) is 23.9 Å². The van der Waals surface area contributed by atoms with E-state index in [0.717, 1.165) is 53.7 Å². The van der Waals surface area contributed by atoms with E-state index in [1.165, 1.54) is 0 Å². The Morgan fingerprint density at radius 3 is 2.29 bits per heavy atom. The van der Waals surface area contributed by atoms with Crippen LogP contribution < -0.4 is 20.7 Å². The number of hydrogen-bond acceptors (Lipinski definition) is 5. The van der Waals surface area contributed by atoms with Gasteiger partial charge in [0.1, 0.15) is 5.75 Å².